The van der Waals surface area contributed by atoms with Gasteiger partial charge in [-0.3, -0.25) is 9.78 Å². The zero-order valence-electron chi connectivity index (χ0n) is 7.03. The largest absolute Gasteiger partial charge is 0.481 e. The number of carboxylic acid groups (broad SMARTS) is 1. The van der Waals surface area contributed by atoms with Crippen molar-refractivity contribution < 1.29 is 9.90 Å². The third kappa shape index (κ3) is 1.45. The molecular weight excluding hydrogens is 166 g/mol. The molecule has 0 aromatic carbocycles. The molecule has 1 heterocycles. The van der Waals surface area contributed by atoms with E-state index in [0.29, 0.717) is 0 Å². The van der Waals surface area contributed by atoms with E-state index in [-0.39, 0.29) is 6.42 Å². The summed E-state index contributed by atoms with van der Waals surface area (Å²) in [4.78, 5) is 14.7. The molecule has 3 heteroatoms. The Bertz CT molecular complexity index is 382. The first-order valence-corrected chi connectivity index (χ1v) is 4.12. The van der Waals surface area contributed by atoms with Crippen LogP contribution in [-0.2, 0) is 11.2 Å². The Morgan fingerprint density at radius 3 is 3.23 bits per heavy atom. The number of nitrogens with zero attached hydrogens (tertiary/aromatic N) is 1. The van der Waals surface area contributed by atoms with E-state index < -0.39 is 5.97 Å². The maximum absolute atomic E-state index is 10.5. The number of aromatic nitrogens is 1. The predicted molar refractivity (Wildman–Crippen MR) is 48.2 cm³/mol. The molecule has 0 saturated carbocycles. The van der Waals surface area contributed by atoms with Crippen molar-refractivity contribution in [2.24, 2.45) is 0 Å². The van der Waals surface area contributed by atoms with E-state index in [1.807, 2.05) is 18.2 Å². The fourth-order valence-electron chi connectivity index (χ4n) is 1.54. The quantitative estimate of drug-likeness (QED) is 0.740. The average molecular weight is 175 g/mol. The van der Waals surface area contributed by atoms with E-state index in [4.69, 9.17) is 5.11 Å². The summed E-state index contributed by atoms with van der Waals surface area (Å²) in [6.07, 6.45) is 4.52. The lowest BCUT2D eigenvalue weighted by atomic mass is 10.1. The second-order valence-electron chi connectivity index (χ2n) is 3.02. The third-order valence-electron chi connectivity index (χ3n) is 2.11. The summed E-state index contributed by atoms with van der Waals surface area (Å²) in [5.74, 6) is -0.801. The highest BCUT2D eigenvalue weighted by Crippen LogP contribution is 2.27. The molecule has 66 valence electrons. The zero-order chi connectivity index (χ0) is 9.26. The summed E-state index contributed by atoms with van der Waals surface area (Å²) in [6.45, 7) is 0. The van der Waals surface area contributed by atoms with Crippen LogP contribution in [0.5, 0.6) is 0 Å². The van der Waals surface area contributed by atoms with E-state index >= 15 is 0 Å². The SMILES string of the molecule is O=C(O)CC1=CCc2cccnc21. The minimum absolute atomic E-state index is 0.0734. The van der Waals surface area contributed by atoms with Gasteiger partial charge >= 0.3 is 5.97 Å². The molecule has 13 heavy (non-hydrogen) atoms. The van der Waals surface area contributed by atoms with E-state index in [1.54, 1.807) is 6.20 Å². The Morgan fingerprint density at radius 1 is 1.62 bits per heavy atom. The van der Waals surface area contributed by atoms with Crippen LogP contribution in [0.1, 0.15) is 17.7 Å². The topological polar surface area (TPSA) is 50.2 Å². The van der Waals surface area contributed by atoms with Crippen molar-refractivity contribution in [1.29, 1.82) is 0 Å². The zero-order valence-corrected chi connectivity index (χ0v) is 7.03. The van der Waals surface area contributed by atoms with Gasteiger partial charge in [0.1, 0.15) is 0 Å². The Kier molecular flexibility index (Phi) is 1.85. The smallest absolute Gasteiger partial charge is 0.307 e. The van der Waals surface area contributed by atoms with Gasteiger partial charge in [0.25, 0.3) is 0 Å². The third-order valence-corrected chi connectivity index (χ3v) is 2.11. The van der Waals surface area contributed by atoms with Crippen LogP contribution in [0.3, 0.4) is 0 Å². The molecule has 0 radical (unpaired) electrons. The molecule has 1 aromatic rings. The minimum atomic E-state index is -0.801. The molecule has 0 fully saturated rings. The van der Waals surface area contributed by atoms with Crippen molar-refractivity contribution in [3.8, 4) is 0 Å². The average Bonchev–Trinajstić information content (AvgIpc) is 2.48. The van der Waals surface area contributed by atoms with E-state index in [0.717, 1.165) is 23.3 Å². The van der Waals surface area contributed by atoms with Crippen molar-refractivity contribution in [3.05, 3.63) is 35.7 Å². The number of hydrogen-bond donors (Lipinski definition) is 1. The number of carbonyl (C=O) groups is 1. The predicted octanol–water partition coefficient (Wildman–Crippen LogP) is 1.50. The maximum atomic E-state index is 10.5. The fourth-order valence-corrected chi connectivity index (χ4v) is 1.54. The first-order valence-electron chi connectivity index (χ1n) is 4.12. The molecule has 0 amide bonds. The number of allylic oxidation sites excluding steroid dienone is 1. The number of pyridine rings is 1. The highest BCUT2D eigenvalue weighted by molar-refractivity contribution is 5.85. The monoisotopic (exact) mass is 175 g/mol. The Hall–Kier alpha value is -1.64. The highest BCUT2D eigenvalue weighted by Gasteiger charge is 2.16. The molecule has 0 bridgehead atoms. The summed E-state index contributed by atoms with van der Waals surface area (Å²) in [7, 11) is 0. The van der Waals surface area contributed by atoms with Crippen LogP contribution in [0.4, 0.5) is 0 Å². The number of hydrogen-bond acceptors (Lipinski definition) is 2. The summed E-state index contributed by atoms with van der Waals surface area (Å²) < 4.78 is 0. The number of rotatable bonds is 2. The van der Waals surface area contributed by atoms with Crippen LogP contribution in [0.15, 0.2) is 24.4 Å². The van der Waals surface area contributed by atoms with Crippen molar-refractivity contribution in [1.82, 2.24) is 4.98 Å². The number of carboxylic acids is 1. The number of aliphatic carboxylic acids is 1. The van der Waals surface area contributed by atoms with E-state index in [2.05, 4.69) is 4.98 Å². The molecule has 0 unspecified atom stereocenters. The van der Waals surface area contributed by atoms with Crippen LogP contribution in [0, 0.1) is 0 Å². The summed E-state index contributed by atoms with van der Waals surface area (Å²) >= 11 is 0. The van der Waals surface area contributed by atoms with Gasteiger partial charge in [-0.1, -0.05) is 12.1 Å². The lowest BCUT2D eigenvalue weighted by Crippen LogP contribution is -1.97. The Balaban J connectivity index is 2.31. The van der Waals surface area contributed by atoms with E-state index in [1.165, 1.54) is 0 Å². The van der Waals surface area contributed by atoms with Gasteiger partial charge < -0.3 is 5.11 Å². The second kappa shape index (κ2) is 3.01. The minimum Gasteiger partial charge on any atom is -0.481 e. The summed E-state index contributed by atoms with van der Waals surface area (Å²) in [6, 6.07) is 3.85. The van der Waals surface area contributed by atoms with Crippen LogP contribution >= 0.6 is 0 Å². The molecule has 1 aliphatic rings. The van der Waals surface area contributed by atoms with Gasteiger partial charge in [0.2, 0.25) is 0 Å². The van der Waals surface area contributed by atoms with Crippen LogP contribution in [-0.4, -0.2) is 16.1 Å². The molecule has 3 nitrogen and oxygen atoms in total. The van der Waals surface area contributed by atoms with Gasteiger partial charge in [-0.05, 0) is 23.6 Å². The van der Waals surface area contributed by atoms with Gasteiger partial charge in [-0.25, -0.2) is 0 Å². The molecule has 1 aromatic heterocycles. The van der Waals surface area contributed by atoms with Crippen molar-refractivity contribution >= 4 is 11.5 Å². The maximum Gasteiger partial charge on any atom is 0.307 e. The highest BCUT2D eigenvalue weighted by atomic mass is 16.4. The normalized spacial score (nSPS) is 13.7. The van der Waals surface area contributed by atoms with Crippen molar-refractivity contribution in [2.45, 2.75) is 12.8 Å². The van der Waals surface area contributed by atoms with E-state index in [9.17, 15) is 4.79 Å². The molecule has 0 atom stereocenters. The van der Waals surface area contributed by atoms with Crippen molar-refractivity contribution in [2.75, 3.05) is 0 Å². The standard InChI is InChI=1S/C10H9NO2/c12-9(13)6-8-4-3-7-2-1-5-11-10(7)8/h1-2,4-5H,3,6H2,(H,12,13). The lowest BCUT2D eigenvalue weighted by molar-refractivity contribution is -0.135. The Morgan fingerprint density at radius 2 is 2.46 bits per heavy atom. The summed E-state index contributed by atoms with van der Waals surface area (Å²) in [5.41, 5.74) is 2.81. The van der Waals surface area contributed by atoms with Gasteiger partial charge in [0.15, 0.2) is 0 Å². The molecule has 0 spiro atoms. The fraction of sp³-hybridized carbons (Fsp3) is 0.200. The van der Waals surface area contributed by atoms with Gasteiger partial charge in [-0.2, -0.15) is 0 Å². The molecular formula is C10H9NO2. The van der Waals surface area contributed by atoms with Gasteiger partial charge in [0.05, 0.1) is 12.1 Å². The number of fused-ring (bicyclic) bond motifs is 1. The van der Waals surface area contributed by atoms with Gasteiger partial charge in [-0.15, -0.1) is 0 Å². The molecule has 1 N–H and O–H groups in total. The van der Waals surface area contributed by atoms with Crippen molar-refractivity contribution in [3.63, 3.8) is 0 Å². The van der Waals surface area contributed by atoms with Crippen LogP contribution in [0.25, 0.3) is 5.57 Å². The van der Waals surface area contributed by atoms with Crippen LogP contribution in [0.2, 0.25) is 0 Å². The second-order valence-corrected chi connectivity index (χ2v) is 3.02. The first kappa shape index (κ1) is 7.98. The lowest BCUT2D eigenvalue weighted by Gasteiger charge is -2.00. The first-order chi connectivity index (χ1) is 6.27. The molecule has 2 rings (SSSR count). The Labute approximate surface area is 75.7 Å². The molecule has 1 aliphatic carbocycles. The van der Waals surface area contributed by atoms with Gasteiger partial charge in [0, 0.05) is 6.20 Å². The molecule has 0 aliphatic heterocycles. The summed E-state index contributed by atoms with van der Waals surface area (Å²) in [5, 5.41) is 8.63. The van der Waals surface area contributed by atoms with Crippen LogP contribution < -0.4 is 0 Å². The molecule has 0 saturated heterocycles.